The van der Waals surface area contributed by atoms with E-state index in [1.54, 1.807) is 6.08 Å². The molecule has 0 spiro atoms. The van der Waals surface area contributed by atoms with Crippen LogP contribution in [0, 0.1) is 5.92 Å². The van der Waals surface area contributed by atoms with Gasteiger partial charge in [-0.05, 0) is 37.0 Å². The third kappa shape index (κ3) is 2.17. The third-order valence-electron chi connectivity index (χ3n) is 3.68. The van der Waals surface area contributed by atoms with E-state index in [2.05, 4.69) is 6.58 Å². The summed E-state index contributed by atoms with van der Waals surface area (Å²) >= 11 is 0. The Hall–Kier alpha value is -1.29. The number of rotatable bonds is 2. The van der Waals surface area contributed by atoms with Crippen molar-refractivity contribution in [2.24, 2.45) is 5.92 Å². The normalized spacial score (nSPS) is 28.3. The van der Waals surface area contributed by atoms with E-state index in [0.29, 0.717) is 12.0 Å². The Kier molecular flexibility index (Phi) is 3.23. The van der Waals surface area contributed by atoms with Gasteiger partial charge in [0, 0.05) is 5.92 Å². The van der Waals surface area contributed by atoms with Crippen molar-refractivity contribution in [3.8, 4) is 0 Å². The summed E-state index contributed by atoms with van der Waals surface area (Å²) in [5, 5.41) is 10.6. The molecule has 0 heterocycles. The van der Waals surface area contributed by atoms with Crippen LogP contribution < -0.4 is 0 Å². The molecule has 0 radical (unpaired) electrons. The van der Waals surface area contributed by atoms with Gasteiger partial charge in [0.15, 0.2) is 0 Å². The second-order valence-electron chi connectivity index (χ2n) is 4.73. The fourth-order valence-corrected chi connectivity index (χ4v) is 2.63. The van der Waals surface area contributed by atoms with E-state index in [4.69, 9.17) is 0 Å². The standard InChI is InChI=1S/C14H15F3O/c1-2-10-4-3-9-13(10,18)11-5-7-12(8-6-11)14(15,16)17/h2,5-8,10,18H,1,3-4,9H2/t10-,13+/m0/s1. The van der Waals surface area contributed by atoms with Crippen molar-refractivity contribution in [1.29, 1.82) is 0 Å². The molecule has 0 amide bonds. The second kappa shape index (κ2) is 4.43. The maximum absolute atomic E-state index is 12.5. The number of halogens is 3. The lowest BCUT2D eigenvalue weighted by Crippen LogP contribution is -2.29. The summed E-state index contributed by atoms with van der Waals surface area (Å²) in [6.07, 6.45) is -0.413. The van der Waals surface area contributed by atoms with Crippen molar-refractivity contribution in [2.45, 2.75) is 31.0 Å². The van der Waals surface area contributed by atoms with Gasteiger partial charge in [0.05, 0.1) is 11.2 Å². The molecule has 4 heteroatoms. The van der Waals surface area contributed by atoms with Crippen LogP contribution in [0.1, 0.15) is 30.4 Å². The Morgan fingerprint density at radius 1 is 1.28 bits per heavy atom. The van der Waals surface area contributed by atoms with Gasteiger partial charge in [0.25, 0.3) is 0 Å². The predicted octanol–water partition coefficient (Wildman–Crippen LogP) is 3.88. The zero-order valence-electron chi connectivity index (χ0n) is 9.87. The number of aliphatic hydroxyl groups is 1. The molecule has 1 aromatic carbocycles. The third-order valence-corrected chi connectivity index (χ3v) is 3.68. The molecule has 1 aliphatic carbocycles. The summed E-state index contributed by atoms with van der Waals surface area (Å²) in [5.74, 6) is -0.0887. The summed E-state index contributed by atoms with van der Waals surface area (Å²) in [6, 6.07) is 4.77. The van der Waals surface area contributed by atoms with Crippen molar-refractivity contribution in [2.75, 3.05) is 0 Å². The van der Waals surface area contributed by atoms with E-state index in [1.807, 2.05) is 0 Å². The van der Waals surface area contributed by atoms with Crippen molar-refractivity contribution < 1.29 is 18.3 Å². The van der Waals surface area contributed by atoms with Gasteiger partial charge in [-0.1, -0.05) is 18.2 Å². The molecule has 0 aromatic heterocycles. The van der Waals surface area contributed by atoms with Crippen molar-refractivity contribution >= 4 is 0 Å². The van der Waals surface area contributed by atoms with Gasteiger partial charge in [-0.2, -0.15) is 13.2 Å². The highest BCUT2D eigenvalue weighted by Gasteiger charge is 2.41. The summed E-state index contributed by atoms with van der Waals surface area (Å²) in [7, 11) is 0. The van der Waals surface area contributed by atoms with E-state index >= 15 is 0 Å². The van der Waals surface area contributed by atoms with Gasteiger partial charge in [-0.25, -0.2) is 0 Å². The van der Waals surface area contributed by atoms with Crippen LogP contribution in [0.2, 0.25) is 0 Å². The maximum atomic E-state index is 12.5. The molecule has 1 N–H and O–H groups in total. The lowest BCUT2D eigenvalue weighted by atomic mass is 9.83. The first-order valence-electron chi connectivity index (χ1n) is 5.90. The summed E-state index contributed by atoms with van der Waals surface area (Å²) < 4.78 is 37.4. The zero-order valence-corrected chi connectivity index (χ0v) is 9.87. The minimum absolute atomic E-state index is 0.0887. The van der Waals surface area contributed by atoms with Crippen LogP contribution in [0.15, 0.2) is 36.9 Å². The summed E-state index contributed by atoms with van der Waals surface area (Å²) in [4.78, 5) is 0. The van der Waals surface area contributed by atoms with Crippen LogP contribution in [0.4, 0.5) is 13.2 Å². The Bertz CT molecular complexity index is 435. The van der Waals surface area contributed by atoms with E-state index in [-0.39, 0.29) is 5.92 Å². The Labute approximate surface area is 104 Å². The maximum Gasteiger partial charge on any atom is 0.416 e. The SMILES string of the molecule is C=C[C@H]1CCC[C@]1(O)c1ccc(C(F)(F)F)cc1. The molecule has 1 aromatic rings. The van der Waals surface area contributed by atoms with Crippen LogP contribution in [0.5, 0.6) is 0 Å². The van der Waals surface area contributed by atoms with E-state index < -0.39 is 17.3 Å². The number of hydrogen-bond acceptors (Lipinski definition) is 1. The van der Waals surface area contributed by atoms with Gasteiger partial charge in [0.2, 0.25) is 0 Å². The molecular weight excluding hydrogens is 241 g/mol. The predicted molar refractivity (Wildman–Crippen MR) is 62.9 cm³/mol. The highest BCUT2D eigenvalue weighted by atomic mass is 19.4. The van der Waals surface area contributed by atoms with Crippen molar-refractivity contribution in [3.05, 3.63) is 48.0 Å². The molecule has 18 heavy (non-hydrogen) atoms. The quantitative estimate of drug-likeness (QED) is 0.796. The van der Waals surface area contributed by atoms with E-state index in [1.165, 1.54) is 12.1 Å². The first-order valence-corrected chi connectivity index (χ1v) is 5.90. The summed E-state index contributed by atoms with van der Waals surface area (Å²) in [6.45, 7) is 3.68. The zero-order chi connectivity index (χ0) is 13.4. The van der Waals surface area contributed by atoms with E-state index in [0.717, 1.165) is 25.0 Å². The summed E-state index contributed by atoms with van der Waals surface area (Å²) in [5.41, 5.74) is -1.22. The molecule has 0 saturated heterocycles. The Balaban J connectivity index is 2.32. The molecule has 1 aliphatic rings. The molecular formula is C14H15F3O. The van der Waals surface area contributed by atoms with Crippen molar-refractivity contribution in [1.82, 2.24) is 0 Å². The molecule has 0 aliphatic heterocycles. The first kappa shape index (κ1) is 13.1. The molecule has 0 bridgehead atoms. The van der Waals surface area contributed by atoms with Gasteiger partial charge in [-0.15, -0.1) is 6.58 Å². The smallest absolute Gasteiger partial charge is 0.385 e. The van der Waals surface area contributed by atoms with Crippen molar-refractivity contribution in [3.63, 3.8) is 0 Å². The van der Waals surface area contributed by atoms with Gasteiger partial charge < -0.3 is 5.11 Å². The van der Waals surface area contributed by atoms with Crippen LogP contribution in [0.25, 0.3) is 0 Å². The number of benzene rings is 1. The van der Waals surface area contributed by atoms with Gasteiger partial charge in [0.1, 0.15) is 0 Å². The Morgan fingerprint density at radius 2 is 1.89 bits per heavy atom. The minimum atomic E-state index is -4.34. The van der Waals surface area contributed by atoms with Crippen LogP contribution >= 0.6 is 0 Å². The fraction of sp³-hybridized carbons (Fsp3) is 0.429. The minimum Gasteiger partial charge on any atom is -0.385 e. The van der Waals surface area contributed by atoms with Crippen LogP contribution in [-0.4, -0.2) is 5.11 Å². The molecule has 98 valence electrons. The highest BCUT2D eigenvalue weighted by molar-refractivity contribution is 5.31. The van der Waals surface area contributed by atoms with Gasteiger partial charge >= 0.3 is 6.18 Å². The van der Waals surface area contributed by atoms with Gasteiger partial charge in [-0.3, -0.25) is 0 Å². The monoisotopic (exact) mass is 256 g/mol. The molecule has 1 saturated carbocycles. The average Bonchev–Trinajstić information content (AvgIpc) is 2.71. The largest absolute Gasteiger partial charge is 0.416 e. The molecule has 2 rings (SSSR count). The van der Waals surface area contributed by atoms with Crippen LogP contribution in [-0.2, 0) is 11.8 Å². The molecule has 1 nitrogen and oxygen atoms in total. The highest BCUT2D eigenvalue weighted by Crippen LogP contribution is 2.44. The first-order chi connectivity index (χ1) is 8.38. The molecule has 0 unspecified atom stereocenters. The topological polar surface area (TPSA) is 20.2 Å². The number of alkyl halides is 3. The lowest BCUT2D eigenvalue weighted by molar-refractivity contribution is -0.137. The molecule has 1 fully saturated rings. The number of hydrogen-bond donors (Lipinski definition) is 1. The van der Waals surface area contributed by atoms with E-state index in [9.17, 15) is 18.3 Å². The fourth-order valence-electron chi connectivity index (χ4n) is 2.63. The molecule has 2 atom stereocenters. The second-order valence-corrected chi connectivity index (χ2v) is 4.73. The van der Waals surface area contributed by atoms with Crippen LogP contribution in [0.3, 0.4) is 0 Å². The lowest BCUT2D eigenvalue weighted by Gasteiger charge is -2.29. The Morgan fingerprint density at radius 3 is 2.39 bits per heavy atom. The average molecular weight is 256 g/mol.